The molecule has 2 N–H and O–H groups in total. The first kappa shape index (κ1) is 15.8. The lowest BCUT2D eigenvalue weighted by Gasteiger charge is -2.13. The first-order valence-corrected chi connectivity index (χ1v) is 7.41. The third kappa shape index (κ3) is 3.74. The molecule has 5 heteroatoms. The fraction of sp³-hybridized carbons (Fsp3) is 0.250. The third-order valence-electron chi connectivity index (χ3n) is 3.10. The number of para-hydroxylation sites is 1. The standard InChI is InChI=1S/C16H17Cl2NO2/c1-3-21-15-6-4-5-11(16(15)20)9-19-14-8-12(17)10(2)7-13(14)18/h4-8,19-20H,3,9H2,1-2H3. The zero-order chi connectivity index (χ0) is 15.4. The van der Waals surface area contributed by atoms with Crippen LogP contribution in [0.4, 0.5) is 5.69 Å². The number of halogens is 2. The van der Waals surface area contributed by atoms with Crippen molar-refractivity contribution in [3.05, 3.63) is 51.5 Å². The quantitative estimate of drug-likeness (QED) is 0.811. The van der Waals surface area contributed by atoms with Gasteiger partial charge in [-0.05, 0) is 37.6 Å². The summed E-state index contributed by atoms with van der Waals surface area (Å²) in [5, 5.41) is 14.6. The maximum absolute atomic E-state index is 10.1. The molecule has 0 aliphatic rings. The lowest BCUT2D eigenvalue weighted by molar-refractivity contribution is 0.317. The van der Waals surface area contributed by atoms with Crippen molar-refractivity contribution in [2.45, 2.75) is 20.4 Å². The van der Waals surface area contributed by atoms with Gasteiger partial charge >= 0.3 is 0 Å². The second-order valence-electron chi connectivity index (χ2n) is 4.63. The van der Waals surface area contributed by atoms with Gasteiger partial charge in [0.05, 0.1) is 17.3 Å². The molecule has 0 bridgehead atoms. The van der Waals surface area contributed by atoms with Crippen molar-refractivity contribution in [1.82, 2.24) is 0 Å². The normalized spacial score (nSPS) is 10.5. The number of phenols is 1. The fourth-order valence-corrected chi connectivity index (χ4v) is 2.40. The largest absolute Gasteiger partial charge is 0.504 e. The molecule has 0 saturated heterocycles. The summed E-state index contributed by atoms with van der Waals surface area (Å²) in [5.74, 6) is 0.617. The van der Waals surface area contributed by atoms with Crippen LogP contribution in [0.15, 0.2) is 30.3 Å². The van der Waals surface area contributed by atoms with Crippen molar-refractivity contribution in [2.24, 2.45) is 0 Å². The second kappa shape index (κ2) is 6.92. The van der Waals surface area contributed by atoms with Gasteiger partial charge in [0.25, 0.3) is 0 Å². The van der Waals surface area contributed by atoms with Crippen LogP contribution in [-0.4, -0.2) is 11.7 Å². The molecule has 0 aliphatic heterocycles. The monoisotopic (exact) mass is 325 g/mol. The first-order chi connectivity index (χ1) is 10.0. The smallest absolute Gasteiger partial charge is 0.162 e. The number of aryl methyl sites for hydroxylation is 1. The van der Waals surface area contributed by atoms with Crippen molar-refractivity contribution in [3.63, 3.8) is 0 Å². The SMILES string of the molecule is CCOc1cccc(CNc2cc(Cl)c(C)cc2Cl)c1O. The first-order valence-electron chi connectivity index (χ1n) is 6.66. The van der Waals surface area contributed by atoms with Crippen LogP contribution >= 0.6 is 23.2 Å². The lowest BCUT2D eigenvalue weighted by atomic mass is 10.1. The Bertz CT molecular complexity index is 644. The molecule has 0 radical (unpaired) electrons. The molecule has 21 heavy (non-hydrogen) atoms. The van der Waals surface area contributed by atoms with E-state index in [0.717, 1.165) is 16.8 Å². The maximum Gasteiger partial charge on any atom is 0.162 e. The number of ether oxygens (including phenoxy) is 1. The molecule has 2 aromatic carbocycles. The van der Waals surface area contributed by atoms with Gasteiger partial charge in [0.15, 0.2) is 11.5 Å². The molecular formula is C16H17Cl2NO2. The van der Waals surface area contributed by atoms with Crippen LogP contribution in [0.5, 0.6) is 11.5 Å². The van der Waals surface area contributed by atoms with Gasteiger partial charge in [-0.1, -0.05) is 35.3 Å². The van der Waals surface area contributed by atoms with Gasteiger partial charge < -0.3 is 15.2 Å². The molecule has 2 aromatic rings. The van der Waals surface area contributed by atoms with Crippen molar-refractivity contribution in [2.75, 3.05) is 11.9 Å². The molecule has 112 valence electrons. The van der Waals surface area contributed by atoms with Crippen LogP contribution in [-0.2, 0) is 6.54 Å². The highest BCUT2D eigenvalue weighted by Gasteiger charge is 2.09. The van der Waals surface area contributed by atoms with E-state index >= 15 is 0 Å². The number of nitrogens with one attached hydrogen (secondary N) is 1. The van der Waals surface area contributed by atoms with Gasteiger partial charge in [0.2, 0.25) is 0 Å². The Morgan fingerprint density at radius 1 is 1.19 bits per heavy atom. The summed E-state index contributed by atoms with van der Waals surface area (Å²) < 4.78 is 5.36. The Morgan fingerprint density at radius 2 is 1.95 bits per heavy atom. The summed E-state index contributed by atoms with van der Waals surface area (Å²) in [6.07, 6.45) is 0. The van der Waals surface area contributed by atoms with Crippen LogP contribution in [0.3, 0.4) is 0 Å². The second-order valence-corrected chi connectivity index (χ2v) is 5.45. The third-order valence-corrected chi connectivity index (χ3v) is 3.82. The van der Waals surface area contributed by atoms with Gasteiger partial charge in [-0.2, -0.15) is 0 Å². The zero-order valence-electron chi connectivity index (χ0n) is 11.9. The Hall–Kier alpha value is -1.58. The van der Waals surface area contributed by atoms with Gasteiger partial charge in [-0.15, -0.1) is 0 Å². The molecule has 0 unspecified atom stereocenters. The van der Waals surface area contributed by atoms with E-state index in [1.54, 1.807) is 12.1 Å². The molecule has 0 saturated carbocycles. The van der Waals surface area contributed by atoms with E-state index in [-0.39, 0.29) is 5.75 Å². The number of rotatable bonds is 5. The average molecular weight is 326 g/mol. The predicted octanol–water partition coefficient (Wildman–Crippen LogP) is 5.02. The number of aromatic hydroxyl groups is 1. The van der Waals surface area contributed by atoms with Gasteiger partial charge in [-0.3, -0.25) is 0 Å². The van der Waals surface area contributed by atoms with Crippen LogP contribution in [0, 0.1) is 6.92 Å². The Balaban J connectivity index is 2.17. The summed E-state index contributed by atoms with van der Waals surface area (Å²) in [4.78, 5) is 0. The van der Waals surface area contributed by atoms with E-state index in [0.29, 0.717) is 28.9 Å². The van der Waals surface area contributed by atoms with E-state index in [1.807, 2.05) is 32.0 Å². The van der Waals surface area contributed by atoms with E-state index in [9.17, 15) is 5.11 Å². The highest BCUT2D eigenvalue weighted by atomic mass is 35.5. The molecule has 3 nitrogen and oxygen atoms in total. The van der Waals surface area contributed by atoms with Crippen LogP contribution in [0.2, 0.25) is 10.0 Å². The summed E-state index contributed by atoms with van der Waals surface area (Å²) in [6.45, 7) is 4.70. The number of hydrogen-bond acceptors (Lipinski definition) is 3. The highest BCUT2D eigenvalue weighted by molar-refractivity contribution is 6.35. The Kier molecular flexibility index (Phi) is 5.21. The van der Waals surface area contributed by atoms with Crippen molar-refractivity contribution < 1.29 is 9.84 Å². The fourth-order valence-electron chi connectivity index (χ4n) is 1.95. The Morgan fingerprint density at radius 3 is 2.67 bits per heavy atom. The summed E-state index contributed by atoms with van der Waals surface area (Å²) in [7, 11) is 0. The molecule has 0 fully saturated rings. The molecule has 0 aromatic heterocycles. The van der Waals surface area contributed by atoms with Crippen LogP contribution < -0.4 is 10.1 Å². The van der Waals surface area contributed by atoms with Crippen LogP contribution in [0.25, 0.3) is 0 Å². The topological polar surface area (TPSA) is 41.5 Å². The summed E-state index contributed by atoms with van der Waals surface area (Å²) in [6, 6.07) is 8.99. The zero-order valence-corrected chi connectivity index (χ0v) is 13.4. The molecule has 2 rings (SSSR count). The number of hydrogen-bond donors (Lipinski definition) is 2. The number of benzene rings is 2. The van der Waals surface area contributed by atoms with Crippen molar-refractivity contribution in [1.29, 1.82) is 0 Å². The van der Waals surface area contributed by atoms with Gasteiger partial charge in [0, 0.05) is 17.1 Å². The highest BCUT2D eigenvalue weighted by Crippen LogP contribution is 2.32. The average Bonchev–Trinajstić information content (AvgIpc) is 2.45. The maximum atomic E-state index is 10.1. The predicted molar refractivity (Wildman–Crippen MR) is 87.8 cm³/mol. The van der Waals surface area contributed by atoms with E-state index in [4.69, 9.17) is 27.9 Å². The minimum absolute atomic E-state index is 0.140. The van der Waals surface area contributed by atoms with E-state index < -0.39 is 0 Å². The minimum Gasteiger partial charge on any atom is -0.504 e. The molecule has 0 atom stereocenters. The number of phenolic OH excluding ortho intramolecular Hbond substituents is 1. The molecule has 0 amide bonds. The molecule has 0 heterocycles. The Labute approximate surface area is 134 Å². The van der Waals surface area contributed by atoms with E-state index in [1.165, 1.54) is 0 Å². The summed E-state index contributed by atoms with van der Waals surface area (Å²) in [5.41, 5.74) is 2.38. The lowest BCUT2D eigenvalue weighted by Crippen LogP contribution is -2.02. The van der Waals surface area contributed by atoms with Gasteiger partial charge in [-0.25, -0.2) is 0 Å². The van der Waals surface area contributed by atoms with Crippen molar-refractivity contribution >= 4 is 28.9 Å². The van der Waals surface area contributed by atoms with E-state index in [2.05, 4.69) is 5.32 Å². The summed E-state index contributed by atoms with van der Waals surface area (Å²) >= 11 is 12.3. The van der Waals surface area contributed by atoms with Gasteiger partial charge in [0.1, 0.15) is 0 Å². The number of anilines is 1. The molecule has 0 aliphatic carbocycles. The molecule has 0 spiro atoms. The van der Waals surface area contributed by atoms with Crippen LogP contribution in [0.1, 0.15) is 18.1 Å². The minimum atomic E-state index is 0.140. The van der Waals surface area contributed by atoms with Crippen molar-refractivity contribution in [3.8, 4) is 11.5 Å². The molecular weight excluding hydrogens is 309 g/mol.